The van der Waals surface area contributed by atoms with Crippen molar-refractivity contribution in [2.45, 2.75) is 6.54 Å². The van der Waals surface area contributed by atoms with Crippen LogP contribution in [0.5, 0.6) is 0 Å². The van der Waals surface area contributed by atoms with Gasteiger partial charge in [-0.25, -0.2) is 4.98 Å². The molecule has 1 amide bonds. The first-order valence-electron chi connectivity index (χ1n) is 5.29. The fraction of sp³-hybridized carbons (Fsp3) is 0.0769. The summed E-state index contributed by atoms with van der Waals surface area (Å²) in [4.78, 5) is 15.0. The van der Waals surface area contributed by atoms with E-state index in [1.165, 1.54) is 11.8 Å². The number of aromatic nitrogens is 1. The summed E-state index contributed by atoms with van der Waals surface area (Å²) in [5.41, 5.74) is 6.72. The molecule has 3 N–H and O–H groups in total. The average Bonchev–Trinajstić information content (AvgIpc) is 2.38. The van der Waals surface area contributed by atoms with Gasteiger partial charge in [-0.05, 0) is 17.7 Å². The number of pyridine rings is 1. The third kappa shape index (κ3) is 3.04. The molecule has 0 bridgehead atoms. The van der Waals surface area contributed by atoms with Gasteiger partial charge >= 0.3 is 0 Å². The van der Waals surface area contributed by atoms with Gasteiger partial charge in [-0.15, -0.1) is 0 Å². The number of nitrogens with one attached hydrogen (secondary N) is 1. The van der Waals surface area contributed by atoms with Crippen LogP contribution in [0.15, 0.2) is 48.7 Å². The number of anilines is 1. The smallest absolute Gasteiger partial charge is 0.250 e. The zero-order valence-electron chi connectivity index (χ0n) is 9.26. The molecule has 0 spiro atoms. The van der Waals surface area contributed by atoms with E-state index < -0.39 is 5.91 Å². The lowest BCUT2D eigenvalue weighted by Gasteiger charge is -2.05. The van der Waals surface area contributed by atoms with Crippen LogP contribution in [-0.2, 0) is 6.54 Å². The lowest BCUT2D eigenvalue weighted by Crippen LogP contribution is -2.11. The Morgan fingerprint density at radius 3 is 2.53 bits per heavy atom. The SMILES string of the molecule is NC(=O)c1ccc(NCc2ccccc2)nc1. The lowest BCUT2D eigenvalue weighted by molar-refractivity contribution is 0.1000. The second-order valence-electron chi connectivity index (χ2n) is 3.64. The van der Waals surface area contributed by atoms with Crippen LogP contribution in [0, 0.1) is 0 Å². The van der Waals surface area contributed by atoms with E-state index in [4.69, 9.17) is 5.73 Å². The number of rotatable bonds is 4. The Hall–Kier alpha value is -2.36. The number of nitrogens with two attached hydrogens (primary N) is 1. The van der Waals surface area contributed by atoms with Gasteiger partial charge in [0.1, 0.15) is 5.82 Å². The minimum Gasteiger partial charge on any atom is -0.366 e. The summed E-state index contributed by atoms with van der Waals surface area (Å²) < 4.78 is 0. The number of hydrogen-bond acceptors (Lipinski definition) is 3. The van der Waals surface area contributed by atoms with Crippen molar-refractivity contribution in [3.63, 3.8) is 0 Å². The zero-order chi connectivity index (χ0) is 12.1. The fourth-order valence-electron chi connectivity index (χ4n) is 1.43. The first-order chi connectivity index (χ1) is 8.25. The predicted octanol–water partition coefficient (Wildman–Crippen LogP) is 1.79. The van der Waals surface area contributed by atoms with Gasteiger partial charge in [-0.1, -0.05) is 30.3 Å². The van der Waals surface area contributed by atoms with Crippen LogP contribution in [0.4, 0.5) is 5.82 Å². The summed E-state index contributed by atoms with van der Waals surface area (Å²) in [5.74, 6) is 0.256. The van der Waals surface area contributed by atoms with Crippen molar-refractivity contribution in [2.24, 2.45) is 5.73 Å². The Balaban J connectivity index is 1.98. The Kier molecular flexibility index (Phi) is 3.35. The van der Waals surface area contributed by atoms with Crippen molar-refractivity contribution in [3.8, 4) is 0 Å². The van der Waals surface area contributed by atoms with E-state index in [1.54, 1.807) is 12.1 Å². The maximum atomic E-state index is 10.9. The highest BCUT2D eigenvalue weighted by atomic mass is 16.1. The van der Waals surface area contributed by atoms with Crippen molar-refractivity contribution in [2.75, 3.05) is 5.32 Å². The first-order valence-corrected chi connectivity index (χ1v) is 5.29. The fourth-order valence-corrected chi connectivity index (χ4v) is 1.43. The highest BCUT2D eigenvalue weighted by Gasteiger charge is 2.00. The highest BCUT2D eigenvalue weighted by Crippen LogP contribution is 2.07. The molecule has 1 aromatic carbocycles. The Morgan fingerprint density at radius 1 is 1.18 bits per heavy atom. The zero-order valence-corrected chi connectivity index (χ0v) is 9.26. The molecule has 0 radical (unpaired) electrons. The quantitative estimate of drug-likeness (QED) is 0.836. The standard InChI is InChI=1S/C13H13N3O/c14-13(17)11-6-7-12(16-9-11)15-8-10-4-2-1-3-5-10/h1-7,9H,8H2,(H2,14,17)(H,15,16). The van der Waals surface area contributed by atoms with Crippen LogP contribution in [0.1, 0.15) is 15.9 Å². The molecular weight excluding hydrogens is 214 g/mol. The molecule has 0 saturated heterocycles. The molecule has 2 rings (SSSR count). The van der Waals surface area contributed by atoms with E-state index in [2.05, 4.69) is 10.3 Å². The van der Waals surface area contributed by atoms with Crippen LogP contribution >= 0.6 is 0 Å². The maximum Gasteiger partial charge on any atom is 0.250 e. The van der Waals surface area contributed by atoms with Crippen LogP contribution in [0.2, 0.25) is 0 Å². The van der Waals surface area contributed by atoms with Crippen molar-refractivity contribution in [1.29, 1.82) is 0 Å². The van der Waals surface area contributed by atoms with E-state index in [0.29, 0.717) is 12.1 Å². The molecule has 0 saturated carbocycles. The molecule has 0 aliphatic heterocycles. The molecule has 17 heavy (non-hydrogen) atoms. The molecule has 1 heterocycles. The summed E-state index contributed by atoms with van der Waals surface area (Å²) in [6, 6.07) is 13.4. The molecule has 0 unspecified atom stereocenters. The molecule has 0 fully saturated rings. The van der Waals surface area contributed by atoms with Gasteiger partial charge in [-0.3, -0.25) is 4.79 Å². The monoisotopic (exact) mass is 227 g/mol. The van der Waals surface area contributed by atoms with Gasteiger partial charge in [0, 0.05) is 12.7 Å². The number of carbonyl (C=O) groups is 1. The Labute approximate surface area is 99.5 Å². The number of hydrogen-bond donors (Lipinski definition) is 2. The number of primary amides is 1. The predicted molar refractivity (Wildman–Crippen MR) is 66.5 cm³/mol. The summed E-state index contributed by atoms with van der Waals surface area (Å²) in [6.45, 7) is 0.698. The van der Waals surface area contributed by atoms with Crippen molar-refractivity contribution in [1.82, 2.24) is 4.98 Å². The van der Waals surface area contributed by atoms with Gasteiger partial charge < -0.3 is 11.1 Å². The summed E-state index contributed by atoms with van der Waals surface area (Å²) >= 11 is 0. The molecular formula is C13H13N3O. The number of amides is 1. The first kappa shape index (κ1) is 11.1. The van der Waals surface area contributed by atoms with Crippen LogP contribution < -0.4 is 11.1 Å². The average molecular weight is 227 g/mol. The third-order valence-electron chi connectivity index (χ3n) is 2.36. The van der Waals surface area contributed by atoms with Crippen molar-refractivity contribution >= 4 is 11.7 Å². The van der Waals surface area contributed by atoms with Gasteiger partial charge in [0.25, 0.3) is 0 Å². The largest absolute Gasteiger partial charge is 0.366 e. The highest BCUT2D eigenvalue weighted by molar-refractivity contribution is 5.92. The third-order valence-corrected chi connectivity index (χ3v) is 2.36. The Morgan fingerprint density at radius 2 is 1.94 bits per heavy atom. The molecule has 0 aliphatic rings. The summed E-state index contributed by atoms with van der Waals surface area (Å²) in [7, 11) is 0. The minimum atomic E-state index is -0.466. The van der Waals surface area contributed by atoms with E-state index in [0.717, 1.165) is 5.82 Å². The summed E-state index contributed by atoms with van der Waals surface area (Å²) in [5, 5.41) is 3.16. The van der Waals surface area contributed by atoms with Crippen molar-refractivity contribution < 1.29 is 4.79 Å². The normalized spacial score (nSPS) is 9.88. The minimum absolute atomic E-state index is 0.412. The van der Waals surface area contributed by atoms with Crippen LogP contribution in [0.25, 0.3) is 0 Å². The second-order valence-corrected chi connectivity index (χ2v) is 3.64. The maximum absolute atomic E-state index is 10.9. The molecule has 4 nitrogen and oxygen atoms in total. The second kappa shape index (κ2) is 5.12. The number of carbonyl (C=O) groups excluding carboxylic acids is 1. The van der Waals surface area contributed by atoms with Gasteiger partial charge in [0.05, 0.1) is 5.56 Å². The van der Waals surface area contributed by atoms with E-state index >= 15 is 0 Å². The van der Waals surface area contributed by atoms with E-state index in [-0.39, 0.29) is 0 Å². The van der Waals surface area contributed by atoms with E-state index in [1.807, 2.05) is 30.3 Å². The molecule has 0 atom stereocenters. The van der Waals surface area contributed by atoms with Gasteiger partial charge in [0.15, 0.2) is 0 Å². The molecule has 86 valence electrons. The lowest BCUT2D eigenvalue weighted by atomic mass is 10.2. The Bertz CT molecular complexity index is 494. The van der Waals surface area contributed by atoms with E-state index in [9.17, 15) is 4.79 Å². The van der Waals surface area contributed by atoms with Gasteiger partial charge in [0.2, 0.25) is 5.91 Å². The topological polar surface area (TPSA) is 68.0 Å². The molecule has 4 heteroatoms. The number of benzene rings is 1. The molecule has 2 aromatic rings. The van der Waals surface area contributed by atoms with Gasteiger partial charge in [-0.2, -0.15) is 0 Å². The molecule has 1 aromatic heterocycles. The summed E-state index contributed by atoms with van der Waals surface area (Å²) in [6.07, 6.45) is 1.47. The van der Waals surface area contributed by atoms with Crippen LogP contribution in [-0.4, -0.2) is 10.9 Å². The number of nitrogens with zero attached hydrogens (tertiary/aromatic N) is 1. The van der Waals surface area contributed by atoms with Crippen LogP contribution in [0.3, 0.4) is 0 Å². The van der Waals surface area contributed by atoms with Crippen molar-refractivity contribution in [3.05, 3.63) is 59.8 Å². The molecule has 0 aliphatic carbocycles.